The van der Waals surface area contributed by atoms with Gasteiger partial charge in [-0.3, -0.25) is 19.7 Å². The van der Waals surface area contributed by atoms with Crippen LogP contribution in [0, 0.1) is 0 Å². The lowest BCUT2D eigenvalue weighted by Gasteiger charge is -2.17. The van der Waals surface area contributed by atoms with Crippen LogP contribution in [0.5, 0.6) is 0 Å². The van der Waals surface area contributed by atoms with Gasteiger partial charge in [-0.15, -0.1) is 0 Å². The topological polar surface area (TPSA) is 150 Å². The minimum Gasteiger partial charge on any atom is -0.480 e. The Morgan fingerprint density at radius 3 is 1.88 bits per heavy atom. The van der Waals surface area contributed by atoms with Crippen molar-refractivity contribution in [1.29, 1.82) is 0 Å². The Labute approximate surface area is 140 Å². The summed E-state index contributed by atoms with van der Waals surface area (Å²) in [7, 11) is 0. The Bertz CT molecular complexity index is 533. The van der Waals surface area contributed by atoms with Crippen molar-refractivity contribution in [3.8, 4) is 0 Å². The molecule has 1 rings (SSSR count). The molecule has 24 heavy (non-hydrogen) atoms. The van der Waals surface area contributed by atoms with Crippen molar-refractivity contribution in [2.45, 2.75) is 44.8 Å². The number of hydrogen-bond acceptors (Lipinski definition) is 5. The minimum atomic E-state index is -1.05. The fourth-order valence-electron chi connectivity index (χ4n) is 1.61. The Kier molecular flexibility index (Phi) is 10.0. The van der Waals surface area contributed by atoms with Gasteiger partial charge in [-0.2, -0.15) is 0 Å². The number of carboxylic acids is 3. The third-order valence-corrected chi connectivity index (χ3v) is 3.07. The van der Waals surface area contributed by atoms with Gasteiger partial charge in [0.15, 0.2) is 0 Å². The van der Waals surface area contributed by atoms with Crippen molar-refractivity contribution >= 4 is 17.9 Å². The molecule has 0 aliphatic rings. The monoisotopic (exact) mass is 340 g/mol. The van der Waals surface area contributed by atoms with E-state index in [1.165, 1.54) is 13.8 Å². The average Bonchev–Trinajstić information content (AvgIpc) is 2.52. The number of nitrogens with two attached hydrogens (primary N) is 1. The molecule has 6 N–H and O–H groups in total. The normalized spacial score (nSPS) is 13.8. The molecule has 0 saturated carbocycles. The van der Waals surface area contributed by atoms with E-state index in [4.69, 9.17) is 21.1 Å². The predicted octanol–water partition coefficient (Wildman–Crippen LogP) is 0.553. The van der Waals surface area contributed by atoms with Gasteiger partial charge in [-0.05, 0) is 32.3 Å². The third-order valence-electron chi connectivity index (χ3n) is 3.07. The average molecular weight is 340 g/mol. The Hall–Kier alpha value is -2.45. The summed E-state index contributed by atoms with van der Waals surface area (Å²) in [4.78, 5) is 31.3. The molecular formula is C16H24N2O6. The van der Waals surface area contributed by atoms with Crippen molar-refractivity contribution in [3.05, 3.63) is 35.9 Å². The summed E-state index contributed by atoms with van der Waals surface area (Å²) in [5, 5.41) is 28.2. The van der Waals surface area contributed by atoms with E-state index >= 15 is 0 Å². The van der Waals surface area contributed by atoms with Crippen LogP contribution in [0.25, 0.3) is 0 Å². The zero-order chi connectivity index (χ0) is 18.7. The SMILES string of the molecule is CC(N)C(=O)O.C[C@@H](N[C@@H](CCc1ccccc1)C(=O)O)C(=O)O. The van der Waals surface area contributed by atoms with E-state index in [2.05, 4.69) is 5.32 Å². The Morgan fingerprint density at radius 1 is 1.00 bits per heavy atom. The molecule has 8 heteroatoms. The highest BCUT2D eigenvalue weighted by Gasteiger charge is 2.22. The van der Waals surface area contributed by atoms with Crippen LogP contribution in [-0.4, -0.2) is 51.4 Å². The number of hydrogen-bond donors (Lipinski definition) is 5. The zero-order valence-electron chi connectivity index (χ0n) is 13.7. The maximum absolute atomic E-state index is 11.0. The summed E-state index contributed by atoms with van der Waals surface area (Å²) in [6, 6.07) is 7.04. The minimum absolute atomic E-state index is 0.358. The van der Waals surface area contributed by atoms with Crippen molar-refractivity contribution < 1.29 is 29.7 Å². The molecule has 0 fully saturated rings. The molecule has 0 aromatic heterocycles. The van der Waals surface area contributed by atoms with Gasteiger partial charge >= 0.3 is 17.9 Å². The molecule has 0 radical (unpaired) electrons. The van der Waals surface area contributed by atoms with Crippen molar-refractivity contribution in [2.75, 3.05) is 0 Å². The molecule has 0 bridgehead atoms. The van der Waals surface area contributed by atoms with E-state index in [0.29, 0.717) is 12.8 Å². The maximum atomic E-state index is 11.0. The summed E-state index contributed by atoms with van der Waals surface area (Å²) < 4.78 is 0. The predicted molar refractivity (Wildman–Crippen MR) is 87.7 cm³/mol. The van der Waals surface area contributed by atoms with Crippen LogP contribution < -0.4 is 11.1 Å². The lowest BCUT2D eigenvalue weighted by atomic mass is 10.0. The molecule has 1 aromatic carbocycles. The van der Waals surface area contributed by atoms with Gasteiger partial charge in [0.1, 0.15) is 18.1 Å². The highest BCUT2D eigenvalue weighted by molar-refractivity contribution is 5.77. The summed E-state index contributed by atoms with van der Waals surface area (Å²) >= 11 is 0. The lowest BCUT2D eigenvalue weighted by molar-refractivity contribution is -0.142. The standard InChI is InChI=1S/C13H17NO4.C3H7NO2/c1-9(12(15)16)14-11(13(17)18)8-7-10-5-3-2-4-6-10;1-2(4)3(5)6/h2-6,9,11,14H,7-8H2,1H3,(H,15,16)(H,17,18);2H,4H2,1H3,(H,5,6)/t9-,11+;/m1./s1. The highest BCUT2D eigenvalue weighted by atomic mass is 16.4. The van der Waals surface area contributed by atoms with E-state index in [1.54, 1.807) is 0 Å². The van der Waals surface area contributed by atoms with E-state index < -0.39 is 36.0 Å². The van der Waals surface area contributed by atoms with E-state index in [0.717, 1.165) is 5.56 Å². The molecule has 0 aliphatic carbocycles. The van der Waals surface area contributed by atoms with Crippen LogP contribution in [0.2, 0.25) is 0 Å². The van der Waals surface area contributed by atoms with Crippen LogP contribution in [0.4, 0.5) is 0 Å². The first kappa shape index (κ1) is 21.6. The molecule has 0 amide bonds. The van der Waals surface area contributed by atoms with Crippen molar-refractivity contribution in [1.82, 2.24) is 5.32 Å². The lowest BCUT2D eigenvalue weighted by Crippen LogP contribution is -2.45. The van der Waals surface area contributed by atoms with Crippen LogP contribution in [0.15, 0.2) is 30.3 Å². The first-order valence-electron chi connectivity index (χ1n) is 7.39. The second kappa shape index (κ2) is 11.1. The number of rotatable bonds is 8. The molecule has 3 atom stereocenters. The number of carbonyl (C=O) groups is 3. The molecule has 8 nitrogen and oxygen atoms in total. The molecular weight excluding hydrogens is 316 g/mol. The highest BCUT2D eigenvalue weighted by Crippen LogP contribution is 2.06. The Morgan fingerprint density at radius 2 is 1.50 bits per heavy atom. The van der Waals surface area contributed by atoms with E-state index in [-0.39, 0.29) is 0 Å². The van der Waals surface area contributed by atoms with Gasteiger partial charge in [0.05, 0.1) is 0 Å². The molecule has 0 aliphatic heterocycles. The number of aliphatic carboxylic acids is 3. The number of aryl methyl sites for hydroxylation is 1. The van der Waals surface area contributed by atoms with Gasteiger partial charge in [0.2, 0.25) is 0 Å². The molecule has 0 heterocycles. The van der Waals surface area contributed by atoms with Crippen LogP contribution in [0.3, 0.4) is 0 Å². The molecule has 134 valence electrons. The van der Waals surface area contributed by atoms with Crippen LogP contribution >= 0.6 is 0 Å². The van der Waals surface area contributed by atoms with Gasteiger partial charge in [-0.1, -0.05) is 30.3 Å². The largest absolute Gasteiger partial charge is 0.480 e. The third kappa shape index (κ3) is 9.54. The Balaban J connectivity index is 0.000000754. The van der Waals surface area contributed by atoms with Crippen LogP contribution in [0.1, 0.15) is 25.8 Å². The van der Waals surface area contributed by atoms with Crippen molar-refractivity contribution in [2.24, 2.45) is 5.73 Å². The molecule has 0 saturated heterocycles. The maximum Gasteiger partial charge on any atom is 0.320 e. The van der Waals surface area contributed by atoms with Gasteiger partial charge in [0, 0.05) is 0 Å². The quantitative estimate of drug-likeness (QED) is 0.460. The van der Waals surface area contributed by atoms with Crippen molar-refractivity contribution in [3.63, 3.8) is 0 Å². The van der Waals surface area contributed by atoms with Gasteiger partial charge in [-0.25, -0.2) is 0 Å². The van der Waals surface area contributed by atoms with E-state index in [9.17, 15) is 14.4 Å². The number of benzene rings is 1. The van der Waals surface area contributed by atoms with Crippen LogP contribution in [-0.2, 0) is 20.8 Å². The smallest absolute Gasteiger partial charge is 0.320 e. The second-order valence-corrected chi connectivity index (χ2v) is 5.27. The van der Waals surface area contributed by atoms with Gasteiger partial charge < -0.3 is 21.1 Å². The zero-order valence-corrected chi connectivity index (χ0v) is 13.7. The number of nitrogens with one attached hydrogen (secondary N) is 1. The fourth-order valence-corrected chi connectivity index (χ4v) is 1.61. The van der Waals surface area contributed by atoms with E-state index in [1.807, 2.05) is 30.3 Å². The number of carboxylic acid groups (broad SMARTS) is 3. The molecule has 0 spiro atoms. The second-order valence-electron chi connectivity index (χ2n) is 5.27. The molecule has 1 unspecified atom stereocenters. The first-order chi connectivity index (χ1) is 11.1. The summed E-state index contributed by atoms with van der Waals surface area (Å²) in [5.74, 6) is -3.05. The fraction of sp³-hybridized carbons (Fsp3) is 0.438. The first-order valence-corrected chi connectivity index (χ1v) is 7.39. The summed E-state index contributed by atoms with van der Waals surface area (Å²) in [5.41, 5.74) is 5.87. The summed E-state index contributed by atoms with van der Waals surface area (Å²) in [6.45, 7) is 2.85. The summed E-state index contributed by atoms with van der Waals surface area (Å²) in [6.07, 6.45) is 0.952. The molecule has 1 aromatic rings. The van der Waals surface area contributed by atoms with Gasteiger partial charge in [0.25, 0.3) is 0 Å².